The fourth-order valence-corrected chi connectivity index (χ4v) is 3.84. The van der Waals surface area contributed by atoms with Gasteiger partial charge in [0.2, 0.25) is 0 Å². The first-order valence-electron chi connectivity index (χ1n) is 8.15. The zero-order valence-corrected chi connectivity index (χ0v) is 14.3. The molecule has 118 valence electrons. The number of hydrogen-bond acceptors (Lipinski definition) is 2. The predicted molar refractivity (Wildman–Crippen MR) is 90.4 cm³/mol. The minimum absolute atomic E-state index is 0.377. The van der Waals surface area contributed by atoms with Crippen LogP contribution in [0.3, 0.4) is 0 Å². The van der Waals surface area contributed by atoms with Crippen LogP contribution < -0.4 is 10.1 Å². The minimum atomic E-state index is 0.377. The summed E-state index contributed by atoms with van der Waals surface area (Å²) >= 11 is 6.18. The Morgan fingerprint density at radius 1 is 1.29 bits per heavy atom. The van der Waals surface area contributed by atoms with Crippen LogP contribution in [0.5, 0.6) is 5.75 Å². The third-order valence-corrected chi connectivity index (χ3v) is 5.19. The van der Waals surface area contributed by atoms with Crippen molar-refractivity contribution in [2.45, 2.75) is 58.4 Å². The van der Waals surface area contributed by atoms with Crippen molar-refractivity contribution >= 4 is 11.6 Å². The van der Waals surface area contributed by atoms with Gasteiger partial charge >= 0.3 is 0 Å². The molecule has 1 aromatic rings. The van der Waals surface area contributed by atoms with Crippen LogP contribution in [0.15, 0.2) is 18.2 Å². The number of halogens is 1. The lowest BCUT2D eigenvalue weighted by molar-refractivity contribution is 0.144. The monoisotopic (exact) mass is 309 g/mol. The molecule has 1 fully saturated rings. The molecule has 2 rings (SSSR count). The van der Waals surface area contributed by atoms with Gasteiger partial charge in [0.15, 0.2) is 0 Å². The molecule has 1 atom stereocenters. The molecule has 0 saturated heterocycles. The van der Waals surface area contributed by atoms with Gasteiger partial charge in [-0.3, -0.25) is 0 Å². The molecule has 0 radical (unpaired) electrons. The van der Waals surface area contributed by atoms with Crippen LogP contribution in [0.4, 0.5) is 0 Å². The van der Waals surface area contributed by atoms with E-state index in [9.17, 15) is 0 Å². The average Bonchev–Trinajstić information content (AvgIpc) is 2.48. The van der Waals surface area contributed by atoms with Gasteiger partial charge in [-0.15, -0.1) is 0 Å². The minimum Gasteiger partial charge on any atom is -0.496 e. The van der Waals surface area contributed by atoms with E-state index in [1.54, 1.807) is 7.11 Å². The fourth-order valence-electron chi connectivity index (χ4n) is 3.65. The largest absolute Gasteiger partial charge is 0.496 e. The van der Waals surface area contributed by atoms with Crippen molar-refractivity contribution in [2.24, 2.45) is 5.41 Å². The molecule has 1 unspecified atom stereocenters. The van der Waals surface area contributed by atoms with Gasteiger partial charge in [0.1, 0.15) is 5.75 Å². The summed E-state index contributed by atoms with van der Waals surface area (Å²) in [7, 11) is 1.73. The molecule has 0 bridgehead atoms. The van der Waals surface area contributed by atoms with Gasteiger partial charge < -0.3 is 10.1 Å². The lowest BCUT2D eigenvalue weighted by Gasteiger charge is -2.41. The van der Waals surface area contributed by atoms with Gasteiger partial charge in [0.25, 0.3) is 0 Å². The van der Waals surface area contributed by atoms with E-state index in [2.05, 4.69) is 25.2 Å². The summed E-state index contributed by atoms with van der Waals surface area (Å²) in [6.07, 6.45) is 7.69. The van der Waals surface area contributed by atoms with Gasteiger partial charge in [0, 0.05) is 11.1 Å². The first kappa shape index (κ1) is 16.6. The third-order valence-electron chi connectivity index (χ3n) is 4.95. The number of benzene rings is 1. The fraction of sp³-hybridized carbons (Fsp3) is 0.667. The summed E-state index contributed by atoms with van der Waals surface area (Å²) in [4.78, 5) is 0. The SMILES string of the molecule is CCNC(Cc1cc(Cl)ccc1OC)C1(C)CCCCC1. The van der Waals surface area contributed by atoms with Crippen molar-refractivity contribution in [1.29, 1.82) is 0 Å². The van der Waals surface area contributed by atoms with Gasteiger partial charge in [-0.2, -0.15) is 0 Å². The van der Waals surface area contributed by atoms with Gasteiger partial charge in [-0.1, -0.05) is 44.7 Å². The highest BCUT2D eigenvalue weighted by molar-refractivity contribution is 6.30. The van der Waals surface area contributed by atoms with E-state index in [-0.39, 0.29) is 0 Å². The number of methoxy groups -OCH3 is 1. The molecule has 1 aliphatic carbocycles. The molecule has 1 saturated carbocycles. The predicted octanol–water partition coefficient (Wildman–Crippen LogP) is 4.84. The average molecular weight is 310 g/mol. The number of ether oxygens (including phenoxy) is 1. The molecule has 0 spiro atoms. The molecular formula is C18H28ClNO. The van der Waals surface area contributed by atoms with Crippen LogP contribution in [-0.4, -0.2) is 19.7 Å². The van der Waals surface area contributed by atoms with E-state index in [0.29, 0.717) is 11.5 Å². The van der Waals surface area contributed by atoms with E-state index in [1.165, 1.54) is 37.7 Å². The van der Waals surface area contributed by atoms with Gasteiger partial charge in [-0.05, 0) is 55.0 Å². The van der Waals surface area contributed by atoms with Crippen molar-refractivity contribution in [3.8, 4) is 5.75 Å². The summed E-state index contributed by atoms with van der Waals surface area (Å²) in [5.74, 6) is 0.946. The van der Waals surface area contributed by atoms with Crippen molar-refractivity contribution in [3.63, 3.8) is 0 Å². The molecule has 21 heavy (non-hydrogen) atoms. The summed E-state index contributed by atoms with van der Waals surface area (Å²) in [6, 6.07) is 6.41. The van der Waals surface area contributed by atoms with Gasteiger partial charge in [0.05, 0.1) is 7.11 Å². The van der Waals surface area contributed by atoms with Crippen molar-refractivity contribution in [3.05, 3.63) is 28.8 Å². The van der Waals surface area contributed by atoms with Crippen LogP contribution in [-0.2, 0) is 6.42 Å². The molecule has 0 heterocycles. The van der Waals surface area contributed by atoms with Gasteiger partial charge in [-0.25, -0.2) is 0 Å². The zero-order chi connectivity index (χ0) is 15.3. The second-order valence-corrected chi connectivity index (χ2v) is 6.92. The summed E-state index contributed by atoms with van der Waals surface area (Å²) in [5.41, 5.74) is 1.59. The van der Waals surface area contributed by atoms with Crippen molar-refractivity contribution < 1.29 is 4.74 Å². The first-order chi connectivity index (χ1) is 10.1. The van der Waals surface area contributed by atoms with E-state index >= 15 is 0 Å². The first-order valence-corrected chi connectivity index (χ1v) is 8.52. The quantitative estimate of drug-likeness (QED) is 0.812. The third kappa shape index (κ3) is 4.14. The molecule has 2 nitrogen and oxygen atoms in total. The summed E-state index contributed by atoms with van der Waals surface area (Å²) in [6.45, 7) is 5.63. The Hall–Kier alpha value is -0.730. The Balaban J connectivity index is 2.21. The summed E-state index contributed by atoms with van der Waals surface area (Å²) < 4.78 is 5.51. The van der Waals surface area contributed by atoms with Crippen molar-refractivity contribution in [1.82, 2.24) is 5.32 Å². The second-order valence-electron chi connectivity index (χ2n) is 6.49. The van der Waals surface area contributed by atoms with Crippen molar-refractivity contribution in [2.75, 3.05) is 13.7 Å². The number of hydrogen-bond donors (Lipinski definition) is 1. The van der Waals surface area contributed by atoms with E-state index < -0.39 is 0 Å². The lowest BCUT2D eigenvalue weighted by Crippen LogP contribution is -2.46. The normalized spacial score (nSPS) is 19.2. The van der Waals surface area contributed by atoms with E-state index in [1.807, 2.05) is 12.1 Å². The maximum Gasteiger partial charge on any atom is 0.122 e. The highest BCUT2D eigenvalue weighted by atomic mass is 35.5. The Morgan fingerprint density at radius 3 is 2.62 bits per heavy atom. The Kier molecular flexibility index (Phi) is 5.95. The Morgan fingerprint density at radius 2 is 2.00 bits per heavy atom. The van der Waals surface area contributed by atoms with Crippen LogP contribution in [0, 0.1) is 5.41 Å². The zero-order valence-electron chi connectivity index (χ0n) is 13.5. The topological polar surface area (TPSA) is 21.3 Å². The van der Waals surface area contributed by atoms with Crippen LogP contribution in [0.1, 0.15) is 51.5 Å². The number of likely N-dealkylation sites (N-methyl/N-ethyl adjacent to an activating group) is 1. The van der Waals surface area contributed by atoms with E-state index in [0.717, 1.165) is 23.7 Å². The van der Waals surface area contributed by atoms with Crippen LogP contribution in [0.25, 0.3) is 0 Å². The maximum atomic E-state index is 6.18. The highest BCUT2D eigenvalue weighted by Gasteiger charge is 2.35. The molecule has 1 aliphatic rings. The number of nitrogens with one attached hydrogen (secondary N) is 1. The molecule has 3 heteroatoms. The number of rotatable bonds is 6. The summed E-state index contributed by atoms with van der Waals surface area (Å²) in [5, 5.41) is 4.50. The molecule has 1 N–H and O–H groups in total. The molecule has 0 aliphatic heterocycles. The lowest BCUT2D eigenvalue weighted by atomic mass is 9.69. The maximum absolute atomic E-state index is 6.18. The van der Waals surface area contributed by atoms with Crippen LogP contribution in [0.2, 0.25) is 5.02 Å². The van der Waals surface area contributed by atoms with E-state index in [4.69, 9.17) is 16.3 Å². The smallest absolute Gasteiger partial charge is 0.122 e. The standard InChI is InChI=1S/C18H28ClNO/c1-4-20-17(18(2)10-6-5-7-11-18)13-14-12-15(19)8-9-16(14)21-3/h8-9,12,17,20H,4-7,10-11,13H2,1-3H3. The van der Waals surface area contributed by atoms with Crippen LogP contribution >= 0.6 is 11.6 Å². The molecule has 0 amide bonds. The molecule has 0 aromatic heterocycles. The highest BCUT2D eigenvalue weighted by Crippen LogP contribution is 2.40. The Bertz CT molecular complexity index is 455. The second kappa shape index (κ2) is 7.51. The molecular weight excluding hydrogens is 282 g/mol. The Labute approximate surface area is 134 Å². The molecule has 1 aromatic carbocycles.